The molecule has 1 fully saturated rings. The second-order valence-corrected chi connectivity index (χ2v) is 9.56. The van der Waals surface area contributed by atoms with Crippen LogP contribution in [0.25, 0.3) is 27.9 Å². The van der Waals surface area contributed by atoms with Gasteiger partial charge in [-0.1, -0.05) is 36.4 Å². The number of aromatic nitrogens is 1. The van der Waals surface area contributed by atoms with E-state index in [1.165, 1.54) is 4.90 Å². The van der Waals surface area contributed by atoms with Crippen LogP contribution in [-0.4, -0.2) is 21.5 Å². The number of nitrogens with one attached hydrogen (secondary N) is 1. The van der Waals surface area contributed by atoms with Crippen molar-refractivity contribution in [2.75, 3.05) is 4.90 Å². The molecule has 0 aliphatic carbocycles. The van der Waals surface area contributed by atoms with Crippen LogP contribution in [0.1, 0.15) is 11.1 Å². The summed E-state index contributed by atoms with van der Waals surface area (Å²) in [6.45, 7) is 2.03. The Morgan fingerprint density at radius 2 is 1.53 bits per heavy atom. The van der Waals surface area contributed by atoms with Gasteiger partial charge in [-0.2, -0.15) is 0 Å². The molecule has 0 saturated carbocycles. The van der Waals surface area contributed by atoms with E-state index in [2.05, 4.69) is 22.0 Å². The highest BCUT2D eigenvalue weighted by atomic mass is 32.1. The highest BCUT2D eigenvalue weighted by Crippen LogP contribution is 2.32. The number of ether oxygens (including phenoxy) is 1. The van der Waals surface area contributed by atoms with Crippen LogP contribution in [0.15, 0.2) is 96.6 Å². The van der Waals surface area contributed by atoms with E-state index in [1.807, 2.05) is 68.6 Å². The van der Waals surface area contributed by atoms with Crippen LogP contribution < -0.4 is 15.0 Å². The van der Waals surface area contributed by atoms with Crippen LogP contribution in [-0.2, 0) is 16.6 Å². The molecular formula is C31H23N3O3S. The Bertz CT molecular complexity index is 1790. The fraction of sp³-hybridized carbons (Fsp3) is 0.0645. The Morgan fingerprint density at radius 3 is 2.29 bits per heavy atom. The van der Waals surface area contributed by atoms with E-state index >= 15 is 0 Å². The van der Waals surface area contributed by atoms with Crippen molar-refractivity contribution < 1.29 is 14.3 Å². The van der Waals surface area contributed by atoms with Gasteiger partial charge in [-0.15, -0.1) is 0 Å². The van der Waals surface area contributed by atoms with Crippen LogP contribution in [0.2, 0.25) is 0 Å². The van der Waals surface area contributed by atoms with Crippen LogP contribution in [0, 0.1) is 6.92 Å². The van der Waals surface area contributed by atoms with E-state index < -0.39 is 11.8 Å². The van der Waals surface area contributed by atoms with Crippen LogP contribution >= 0.6 is 12.2 Å². The number of carbonyl (C=O) groups excluding carboxylic acids is 2. The predicted molar refractivity (Wildman–Crippen MR) is 154 cm³/mol. The van der Waals surface area contributed by atoms with E-state index in [9.17, 15) is 9.59 Å². The highest BCUT2D eigenvalue weighted by Gasteiger charge is 2.34. The van der Waals surface area contributed by atoms with Gasteiger partial charge in [-0.05, 0) is 90.9 Å². The largest absolute Gasteiger partial charge is 0.457 e. The standard InChI is InChI=1S/C31H23N3O3S/c1-19-16-20(17-25-24-10-6-7-11-27(24)33(2)28(19)25)18-26-29(35)32-31(38)34(30(26)36)21-12-14-23(15-13-21)37-22-8-4-3-5-9-22/h3-18H,1-2H3,(H,32,35,38)/b26-18-. The van der Waals surface area contributed by atoms with Gasteiger partial charge in [0.1, 0.15) is 17.1 Å². The molecule has 6 nitrogen and oxygen atoms in total. The Kier molecular flexibility index (Phi) is 5.77. The van der Waals surface area contributed by atoms with E-state index in [0.29, 0.717) is 17.2 Å². The van der Waals surface area contributed by atoms with Gasteiger partial charge < -0.3 is 9.30 Å². The quantitative estimate of drug-likeness (QED) is 0.174. The number of fused-ring (bicyclic) bond motifs is 3. The smallest absolute Gasteiger partial charge is 0.270 e. The van der Waals surface area contributed by atoms with Gasteiger partial charge >= 0.3 is 0 Å². The first kappa shape index (κ1) is 23.6. The third kappa shape index (κ3) is 4.03. The van der Waals surface area contributed by atoms with Crippen molar-refractivity contribution >= 4 is 62.7 Å². The summed E-state index contributed by atoms with van der Waals surface area (Å²) < 4.78 is 8.02. The van der Waals surface area contributed by atoms with E-state index in [0.717, 1.165) is 32.9 Å². The molecule has 186 valence electrons. The average molecular weight is 518 g/mol. The second kappa shape index (κ2) is 9.28. The fourth-order valence-electron chi connectivity index (χ4n) is 5.00. The molecule has 4 aromatic carbocycles. The van der Waals surface area contributed by atoms with Crippen LogP contribution in [0.4, 0.5) is 5.69 Å². The zero-order chi connectivity index (χ0) is 26.4. The zero-order valence-corrected chi connectivity index (χ0v) is 21.6. The zero-order valence-electron chi connectivity index (χ0n) is 20.8. The maximum Gasteiger partial charge on any atom is 0.270 e. The molecule has 1 N–H and O–H groups in total. The number of carbonyl (C=O) groups is 2. The van der Waals surface area contributed by atoms with Crippen molar-refractivity contribution in [1.29, 1.82) is 0 Å². The maximum atomic E-state index is 13.6. The number of anilines is 1. The second-order valence-electron chi connectivity index (χ2n) is 9.18. The molecule has 0 spiro atoms. The molecular weight excluding hydrogens is 494 g/mol. The summed E-state index contributed by atoms with van der Waals surface area (Å²) in [5, 5.41) is 4.89. The lowest BCUT2D eigenvalue weighted by Crippen LogP contribution is -2.54. The number of hydrogen-bond donors (Lipinski definition) is 1. The molecule has 7 heteroatoms. The van der Waals surface area contributed by atoms with Crippen molar-refractivity contribution in [1.82, 2.24) is 9.88 Å². The average Bonchev–Trinajstić information content (AvgIpc) is 3.20. The van der Waals surface area contributed by atoms with Crippen molar-refractivity contribution in [3.05, 3.63) is 108 Å². The molecule has 1 aliphatic rings. The Morgan fingerprint density at radius 1 is 0.842 bits per heavy atom. The van der Waals surface area contributed by atoms with E-state index in [4.69, 9.17) is 17.0 Å². The summed E-state index contributed by atoms with van der Waals surface area (Å²) in [5.74, 6) is 0.330. The lowest BCUT2D eigenvalue weighted by Gasteiger charge is -2.29. The van der Waals surface area contributed by atoms with Crippen molar-refractivity contribution in [3.8, 4) is 11.5 Å². The Labute approximate surface area is 224 Å². The number of thiocarbonyl (C=S) groups is 1. The molecule has 0 unspecified atom stereocenters. The molecule has 5 aromatic rings. The Hall–Kier alpha value is -4.75. The minimum atomic E-state index is -0.518. The Balaban J connectivity index is 1.35. The summed E-state index contributed by atoms with van der Waals surface area (Å²) in [5.41, 5.74) is 4.61. The van der Waals surface area contributed by atoms with Gasteiger partial charge in [0, 0.05) is 23.3 Å². The minimum absolute atomic E-state index is 0.0159. The molecule has 0 radical (unpaired) electrons. The van der Waals surface area contributed by atoms with Gasteiger partial charge in [0.2, 0.25) is 0 Å². The van der Waals surface area contributed by atoms with E-state index in [1.54, 1.807) is 30.3 Å². The lowest BCUT2D eigenvalue weighted by atomic mass is 10.0. The van der Waals surface area contributed by atoms with Crippen molar-refractivity contribution in [2.45, 2.75) is 6.92 Å². The highest BCUT2D eigenvalue weighted by molar-refractivity contribution is 7.80. The fourth-order valence-corrected chi connectivity index (χ4v) is 5.28. The topological polar surface area (TPSA) is 63.6 Å². The minimum Gasteiger partial charge on any atom is -0.457 e. The van der Waals surface area contributed by atoms with E-state index in [-0.39, 0.29) is 10.7 Å². The molecule has 0 atom stereocenters. The summed E-state index contributed by atoms with van der Waals surface area (Å²) >= 11 is 5.37. The number of nitrogens with zero attached hydrogens (tertiary/aromatic N) is 2. The molecule has 0 bridgehead atoms. The number of para-hydroxylation sites is 2. The summed E-state index contributed by atoms with van der Waals surface area (Å²) in [6, 6.07) is 28.6. The number of amides is 2. The summed E-state index contributed by atoms with van der Waals surface area (Å²) in [7, 11) is 2.04. The summed E-state index contributed by atoms with van der Waals surface area (Å²) in [4.78, 5) is 27.8. The molecule has 6 rings (SSSR count). The first-order chi connectivity index (χ1) is 18.4. The normalized spacial score (nSPS) is 14.9. The van der Waals surface area contributed by atoms with Gasteiger partial charge in [0.05, 0.1) is 11.2 Å². The SMILES string of the molecule is Cc1cc(/C=C2/C(=O)NC(=S)N(c3ccc(Oc4ccccc4)cc3)C2=O)cc2c3ccccc3n(C)c12. The predicted octanol–water partition coefficient (Wildman–Crippen LogP) is 6.26. The molecule has 1 saturated heterocycles. The molecule has 1 aromatic heterocycles. The van der Waals surface area contributed by atoms with Crippen LogP contribution in [0.5, 0.6) is 11.5 Å². The molecule has 38 heavy (non-hydrogen) atoms. The van der Waals surface area contributed by atoms with Gasteiger partial charge in [-0.25, -0.2) is 0 Å². The number of rotatable bonds is 4. The first-order valence-electron chi connectivity index (χ1n) is 12.1. The third-order valence-electron chi connectivity index (χ3n) is 6.70. The number of aryl methyl sites for hydroxylation is 2. The van der Waals surface area contributed by atoms with Crippen molar-refractivity contribution in [2.24, 2.45) is 7.05 Å². The lowest BCUT2D eigenvalue weighted by molar-refractivity contribution is -0.122. The monoisotopic (exact) mass is 517 g/mol. The summed E-state index contributed by atoms with van der Waals surface area (Å²) in [6.07, 6.45) is 1.63. The van der Waals surface area contributed by atoms with Crippen molar-refractivity contribution in [3.63, 3.8) is 0 Å². The maximum absolute atomic E-state index is 13.6. The third-order valence-corrected chi connectivity index (χ3v) is 6.98. The molecule has 2 heterocycles. The van der Waals surface area contributed by atoms with Crippen LogP contribution in [0.3, 0.4) is 0 Å². The molecule has 2 amide bonds. The first-order valence-corrected chi connectivity index (χ1v) is 12.5. The van der Waals surface area contributed by atoms with Gasteiger partial charge in [0.15, 0.2) is 5.11 Å². The number of hydrogen-bond acceptors (Lipinski definition) is 4. The number of benzene rings is 4. The molecule has 1 aliphatic heterocycles. The van der Waals surface area contributed by atoms with Gasteiger partial charge in [-0.3, -0.25) is 19.8 Å². The van der Waals surface area contributed by atoms with Gasteiger partial charge in [0.25, 0.3) is 11.8 Å².